The molecule has 1 aromatic heterocycles. The van der Waals surface area contributed by atoms with Gasteiger partial charge in [0.15, 0.2) is 0 Å². The number of aryl methyl sites for hydroxylation is 1. The maximum absolute atomic E-state index is 13.4. The molecule has 0 saturated carbocycles. The highest BCUT2D eigenvalue weighted by Gasteiger charge is 2.36. The molecule has 2 aromatic rings. The Hall–Kier alpha value is -2.02. The van der Waals surface area contributed by atoms with Gasteiger partial charge in [0.1, 0.15) is 5.82 Å². The molecule has 0 spiro atoms. The normalized spacial score (nSPS) is 17.1. The van der Waals surface area contributed by atoms with E-state index in [1.54, 1.807) is 13.0 Å². The van der Waals surface area contributed by atoms with Gasteiger partial charge in [0.2, 0.25) is 5.95 Å². The largest absolute Gasteiger partial charge is 0.368 e. The van der Waals surface area contributed by atoms with Gasteiger partial charge in [-0.05, 0) is 31.0 Å². The molecule has 1 aliphatic rings. The lowest BCUT2D eigenvalue weighted by Crippen LogP contribution is -2.42. The van der Waals surface area contributed by atoms with Gasteiger partial charge >= 0.3 is 0 Å². The summed E-state index contributed by atoms with van der Waals surface area (Å²) >= 11 is 3.41. The van der Waals surface area contributed by atoms with Crippen molar-refractivity contribution in [3.8, 4) is 0 Å². The summed E-state index contributed by atoms with van der Waals surface area (Å²) in [5, 5.41) is 0. The van der Waals surface area contributed by atoms with Crippen LogP contribution in [0.4, 0.5) is 10.3 Å². The average Bonchev–Trinajstić information content (AvgIpc) is 2.49. The van der Waals surface area contributed by atoms with Crippen LogP contribution in [0.1, 0.15) is 46.7 Å². The number of anilines is 1. The molecule has 3 rings (SSSR count). The Balaban J connectivity index is 2.13. The number of hydrogen-bond donors (Lipinski definition) is 1. The lowest BCUT2D eigenvalue weighted by atomic mass is 9.91. The zero-order chi connectivity index (χ0) is 17.4. The number of amides is 1. The predicted molar refractivity (Wildman–Crippen MR) is 93.1 cm³/mol. The average molecular weight is 393 g/mol. The van der Waals surface area contributed by atoms with Crippen molar-refractivity contribution < 1.29 is 9.18 Å². The molecule has 1 aliphatic heterocycles. The van der Waals surface area contributed by atoms with Crippen LogP contribution in [0.3, 0.4) is 0 Å². The molecule has 0 aliphatic carbocycles. The minimum atomic E-state index is -0.322. The van der Waals surface area contributed by atoms with Crippen molar-refractivity contribution >= 4 is 27.8 Å². The van der Waals surface area contributed by atoms with E-state index in [1.165, 1.54) is 12.1 Å². The minimum Gasteiger partial charge on any atom is -0.368 e. The number of nitrogens with zero attached hydrogens (tertiary/aromatic N) is 3. The van der Waals surface area contributed by atoms with E-state index >= 15 is 0 Å². The second-order valence-corrected chi connectivity index (χ2v) is 6.73. The van der Waals surface area contributed by atoms with Gasteiger partial charge in [-0.15, -0.1) is 0 Å². The summed E-state index contributed by atoms with van der Waals surface area (Å²) in [6.07, 6.45) is 1.35. The van der Waals surface area contributed by atoms with E-state index in [-0.39, 0.29) is 23.7 Å². The summed E-state index contributed by atoms with van der Waals surface area (Å²) in [5.74, 6) is -0.255. The molecule has 2 heterocycles. The van der Waals surface area contributed by atoms with Crippen LogP contribution in [-0.2, 0) is 6.42 Å². The highest BCUT2D eigenvalue weighted by atomic mass is 79.9. The van der Waals surface area contributed by atoms with Crippen molar-refractivity contribution in [2.24, 2.45) is 0 Å². The standard InChI is InChI=1S/C17H18BrFN4O/c1-3-6-23-14(11-5-4-10(19)7-12(11)18)8-13-15(16(23)24)9(2)21-17(20)22-13/h4-5,7,14H,3,6,8H2,1-2H3,(H2,20,21,22). The fourth-order valence-electron chi connectivity index (χ4n) is 3.21. The van der Waals surface area contributed by atoms with E-state index in [0.29, 0.717) is 34.4 Å². The van der Waals surface area contributed by atoms with Crippen LogP contribution in [0.25, 0.3) is 0 Å². The van der Waals surface area contributed by atoms with Crippen LogP contribution >= 0.6 is 15.9 Å². The third-order valence-electron chi connectivity index (χ3n) is 4.21. The highest BCUT2D eigenvalue weighted by Crippen LogP contribution is 2.37. The molecule has 0 fully saturated rings. The molecular formula is C17H18BrFN4O. The van der Waals surface area contributed by atoms with E-state index in [9.17, 15) is 9.18 Å². The Morgan fingerprint density at radius 2 is 2.17 bits per heavy atom. The van der Waals surface area contributed by atoms with Gasteiger partial charge in [-0.3, -0.25) is 4.79 Å². The Kier molecular flexibility index (Phi) is 4.54. The van der Waals surface area contributed by atoms with E-state index in [2.05, 4.69) is 25.9 Å². The van der Waals surface area contributed by atoms with Crippen LogP contribution in [-0.4, -0.2) is 27.3 Å². The van der Waals surface area contributed by atoms with Crippen molar-refractivity contribution in [2.75, 3.05) is 12.3 Å². The maximum Gasteiger partial charge on any atom is 0.258 e. The van der Waals surface area contributed by atoms with Gasteiger partial charge in [-0.2, -0.15) is 0 Å². The summed E-state index contributed by atoms with van der Waals surface area (Å²) in [4.78, 5) is 23.2. The van der Waals surface area contributed by atoms with Gasteiger partial charge in [0, 0.05) is 17.4 Å². The summed E-state index contributed by atoms with van der Waals surface area (Å²) in [6, 6.07) is 4.32. The number of rotatable bonds is 3. The van der Waals surface area contributed by atoms with Crippen LogP contribution in [0.2, 0.25) is 0 Å². The first kappa shape index (κ1) is 16.8. The maximum atomic E-state index is 13.4. The number of aromatic nitrogens is 2. The third kappa shape index (κ3) is 2.88. The van der Waals surface area contributed by atoms with Crippen molar-refractivity contribution in [1.29, 1.82) is 0 Å². The molecule has 1 amide bonds. The van der Waals surface area contributed by atoms with Crippen LogP contribution in [0.5, 0.6) is 0 Å². The monoisotopic (exact) mass is 392 g/mol. The minimum absolute atomic E-state index is 0.100. The number of carbonyl (C=O) groups is 1. The van der Waals surface area contributed by atoms with Crippen LogP contribution in [0, 0.1) is 12.7 Å². The molecule has 24 heavy (non-hydrogen) atoms. The number of carbonyl (C=O) groups excluding carboxylic acids is 1. The molecule has 2 N–H and O–H groups in total. The smallest absolute Gasteiger partial charge is 0.258 e. The SMILES string of the molecule is CCCN1C(=O)c2c(C)nc(N)nc2CC1c1ccc(F)cc1Br. The second kappa shape index (κ2) is 6.47. The molecule has 5 nitrogen and oxygen atoms in total. The molecule has 1 atom stereocenters. The Morgan fingerprint density at radius 1 is 1.42 bits per heavy atom. The lowest BCUT2D eigenvalue weighted by Gasteiger charge is -2.37. The zero-order valence-corrected chi connectivity index (χ0v) is 15.1. The van der Waals surface area contributed by atoms with Crippen LogP contribution < -0.4 is 5.73 Å². The van der Waals surface area contributed by atoms with Crippen molar-refractivity contribution in [2.45, 2.75) is 32.7 Å². The molecule has 1 aromatic carbocycles. The van der Waals surface area contributed by atoms with E-state index < -0.39 is 0 Å². The number of nitrogen functional groups attached to an aromatic ring is 1. The van der Waals surface area contributed by atoms with Crippen molar-refractivity contribution in [3.63, 3.8) is 0 Å². The van der Waals surface area contributed by atoms with Crippen molar-refractivity contribution in [3.05, 3.63) is 51.0 Å². The van der Waals surface area contributed by atoms with Crippen LogP contribution in [0.15, 0.2) is 22.7 Å². The fourth-order valence-corrected chi connectivity index (χ4v) is 3.82. The molecule has 126 valence electrons. The number of benzene rings is 1. The summed E-state index contributed by atoms with van der Waals surface area (Å²) in [6.45, 7) is 4.40. The summed E-state index contributed by atoms with van der Waals surface area (Å²) < 4.78 is 14.1. The second-order valence-electron chi connectivity index (χ2n) is 5.87. The summed E-state index contributed by atoms with van der Waals surface area (Å²) in [7, 11) is 0. The van der Waals surface area contributed by atoms with Gasteiger partial charge in [0.25, 0.3) is 5.91 Å². The Morgan fingerprint density at radius 3 is 2.83 bits per heavy atom. The van der Waals surface area contributed by atoms with E-state index in [4.69, 9.17) is 5.73 Å². The number of fused-ring (bicyclic) bond motifs is 1. The molecule has 0 bridgehead atoms. The zero-order valence-electron chi connectivity index (χ0n) is 13.5. The van der Waals surface area contributed by atoms with Crippen molar-refractivity contribution in [1.82, 2.24) is 14.9 Å². The first-order chi connectivity index (χ1) is 11.4. The van der Waals surface area contributed by atoms with Gasteiger partial charge in [-0.1, -0.05) is 28.9 Å². The molecule has 0 radical (unpaired) electrons. The summed E-state index contributed by atoms with van der Waals surface area (Å²) in [5.41, 5.74) is 8.39. The number of nitrogens with two attached hydrogens (primary N) is 1. The van der Waals surface area contributed by atoms with E-state index in [1.807, 2.05) is 11.8 Å². The predicted octanol–water partition coefficient (Wildman–Crippen LogP) is 3.42. The Bertz CT molecular complexity index is 811. The molecular weight excluding hydrogens is 375 g/mol. The highest BCUT2D eigenvalue weighted by molar-refractivity contribution is 9.10. The Labute approximate surface area is 148 Å². The molecule has 7 heteroatoms. The third-order valence-corrected chi connectivity index (χ3v) is 4.89. The topological polar surface area (TPSA) is 72.1 Å². The number of hydrogen-bond acceptors (Lipinski definition) is 4. The molecule has 1 unspecified atom stereocenters. The van der Waals surface area contributed by atoms with Gasteiger partial charge < -0.3 is 10.6 Å². The first-order valence-corrected chi connectivity index (χ1v) is 8.60. The quantitative estimate of drug-likeness (QED) is 0.868. The van der Waals surface area contributed by atoms with Gasteiger partial charge in [-0.25, -0.2) is 14.4 Å². The first-order valence-electron chi connectivity index (χ1n) is 7.81. The fraction of sp³-hybridized carbons (Fsp3) is 0.353. The van der Waals surface area contributed by atoms with E-state index in [0.717, 1.165) is 12.0 Å². The van der Waals surface area contributed by atoms with Gasteiger partial charge in [0.05, 0.1) is 23.0 Å². The molecule has 0 saturated heterocycles. The lowest BCUT2D eigenvalue weighted by molar-refractivity contribution is 0.0642. The number of halogens is 2.